The van der Waals surface area contributed by atoms with Crippen molar-refractivity contribution in [3.63, 3.8) is 0 Å². The van der Waals surface area contributed by atoms with Crippen molar-refractivity contribution in [3.8, 4) is 11.5 Å². The summed E-state index contributed by atoms with van der Waals surface area (Å²) < 4.78 is 10.4. The molecule has 0 aromatic heterocycles. The zero-order valence-corrected chi connectivity index (χ0v) is 15.9. The maximum atomic E-state index is 11.8. The minimum atomic E-state index is -0.979. The summed E-state index contributed by atoms with van der Waals surface area (Å²) in [5, 5.41) is 17.0. The van der Waals surface area contributed by atoms with Crippen molar-refractivity contribution in [2.45, 2.75) is 6.42 Å². The topological polar surface area (TPSA) is 132 Å². The van der Waals surface area contributed by atoms with Gasteiger partial charge in [-0.2, -0.15) is 5.10 Å². The number of carbonyl (C=O) groups excluding carboxylic acids is 2. The quantitative estimate of drug-likeness (QED) is 0.298. The molecule has 0 aliphatic heterocycles. The zero-order chi connectivity index (χ0) is 21.2. The van der Waals surface area contributed by atoms with E-state index in [1.165, 1.54) is 32.4 Å². The van der Waals surface area contributed by atoms with Gasteiger partial charge in [-0.25, -0.2) is 5.43 Å². The first-order valence-electron chi connectivity index (χ1n) is 8.51. The van der Waals surface area contributed by atoms with E-state index >= 15 is 0 Å². The van der Waals surface area contributed by atoms with Gasteiger partial charge in [0.15, 0.2) is 11.5 Å². The Morgan fingerprint density at radius 3 is 2.52 bits per heavy atom. The van der Waals surface area contributed by atoms with E-state index in [-0.39, 0.29) is 17.8 Å². The molecular weight excluding hydrogens is 380 g/mol. The lowest BCUT2D eigenvalue weighted by Crippen LogP contribution is -2.38. The van der Waals surface area contributed by atoms with Crippen LogP contribution in [0.3, 0.4) is 0 Å². The molecule has 0 fully saturated rings. The Balaban J connectivity index is 1.84. The number of nitrogens with zero attached hydrogens (tertiary/aromatic N) is 2. The Labute approximate surface area is 166 Å². The predicted molar refractivity (Wildman–Crippen MR) is 105 cm³/mol. The van der Waals surface area contributed by atoms with Crippen molar-refractivity contribution in [2.75, 3.05) is 20.8 Å². The van der Waals surface area contributed by atoms with Crippen molar-refractivity contribution in [3.05, 3.63) is 63.7 Å². The number of nitrogens with one attached hydrogen (secondary N) is 2. The molecule has 0 saturated carbocycles. The van der Waals surface area contributed by atoms with Gasteiger partial charge in [0.25, 0.3) is 5.69 Å². The fourth-order valence-electron chi connectivity index (χ4n) is 2.41. The molecule has 0 atom stereocenters. The van der Waals surface area contributed by atoms with E-state index in [4.69, 9.17) is 9.47 Å². The second-order valence-corrected chi connectivity index (χ2v) is 5.71. The first-order valence-corrected chi connectivity index (χ1v) is 8.51. The number of ether oxygens (including phenoxy) is 2. The molecule has 152 valence electrons. The molecule has 0 radical (unpaired) electrons. The maximum Gasteiger partial charge on any atom is 0.329 e. The highest BCUT2D eigenvalue weighted by Crippen LogP contribution is 2.27. The number of rotatable bonds is 8. The van der Waals surface area contributed by atoms with Crippen molar-refractivity contribution in [2.24, 2.45) is 5.10 Å². The molecule has 2 rings (SSSR count). The lowest BCUT2D eigenvalue weighted by Gasteiger charge is -2.10. The van der Waals surface area contributed by atoms with E-state index in [2.05, 4.69) is 10.4 Å². The molecule has 0 bridgehead atoms. The molecular formula is C19H20N4O6. The largest absolute Gasteiger partial charge is 0.493 e. The fraction of sp³-hybridized carbons (Fsp3) is 0.211. The van der Waals surface area contributed by atoms with Crippen molar-refractivity contribution in [1.82, 2.24) is 10.7 Å². The standard InChI is InChI=1S/C19H20N4O6/c1-28-16-8-7-13(11-17(16)29-2)9-10-20-18(24)19(25)22-21-12-14-5-3-4-6-15(14)23(26)27/h3-8,11-12H,9-10H2,1-2H3,(H,20,24)(H,22,25)/b21-12+. The van der Waals surface area contributed by atoms with E-state index in [1.807, 2.05) is 11.5 Å². The predicted octanol–water partition coefficient (Wildman–Crippen LogP) is 1.42. The summed E-state index contributed by atoms with van der Waals surface area (Å²) >= 11 is 0. The van der Waals surface area contributed by atoms with Crippen LogP contribution in [0, 0.1) is 10.1 Å². The van der Waals surface area contributed by atoms with Gasteiger partial charge in [-0.05, 0) is 30.2 Å². The van der Waals surface area contributed by atoms with Gasteiger partial charge in [-0.1, -0.05) is 18.2 Å². The molecule has 0 saturated heterocycles. The van der Waals surface area contributed by atoms with E-state index in [1.54, 1.807) is 18.2 Å². The average molecular weight is 400 g/mol. The van der Waals surface area contributed by atoms with Gasteiger partial charge in [0.1, 0.15) is 0 Å². The summed E-state index contributed by atoms with van der Waals surface area (Å²) in [6, 6.07) is 11.2. The van der Waals surface area contributed by atoms with E-state index in [9.17, 15) is 19.7 Å². The Bertz CT molecular complexity index is 929. The highest BCUT2D eigenvalue weighted by atomic mass is 16.6. The number of nitro benzene ring substituents is 1. The van der Waals surface area contributed by atoms with Crippen LogP contribution in [0.4, 0.5) is 5.69 Å². The average Bonchev–Trinajstić information content (AvgIpc) is 2.73. The summed E-state index contributed by atoms with van der Waals surface area (Å²) in [4.78, 5) is 33.9. The smallest absolute Gasteiger partial charge is 0.329 e. The lowest BCUT2D eigenvalue weighted by molar-refractivity contribution is -0.385. The molecule has 2 aromatic carbocycles. The number of hydrogen-bond donors (Lipinski definition) is 2. The minimum Gasteiger partial charge on any atom is -0.493 e. The molecule has 10 nitrogen and oxygen atoms in total. The Hall–Kier alpha value is -3.95. The van der Waals surface area contributed by atoms with Crippen LogP contribution in [-0.2, 0) is 16.0 Å². The third kappa shape index (κ3) is 6.03. The van der Waals surface area contributed by atoms with Crippen LogP contribution >= 0.6 is 0 Å². The van der Waals surface area contributed by atoms with Crippen molar-refractivity contribution in [1.29, 1.82) is 0 Å². The van der Waals surface area contributed by atoms with Crippen LogP contribution in [0.15, 0.2) is 47.6 Å². The SMILES string of the molecule is COc1ccc(CCNC(=O)C(=O)N/N=C/c2ccccc2[N+](=O)[O-])cc1OC. The Morgan fingerprint density at radius 1 is 1.10 bits per heavy atom. The number of nitro groups is 1. The molecule has 0 unspecified atom stereocenters. The van der Waals surface area contributed by atoms with Gasteiger partial charge >= 0.3 is 11.8 Å². The van der Waals surface area contributed by atoms with Gasteiger partial charge in [0.2, 0.25) is 0 Å². The normalized spacial score (nSPS) is 10.4. The summed E-state index contributed by atoms with van der Waals surface area (Å²) in [5.41, 5.74) is 2.96. The molecule has 0 aliphatic rings. The van der Waals surface area contributed by atoms with Crippen molar-refractivity contribution >= 4 is 23.7 Å². The Morgan fingerprint density at radius 2 is 1.83 bits per heavy atom. The van der Waals surface area contributed by atoms with E-state index in [0.717, 1.165) is 11.8 Å². The number of benzene rings is 2. The van der Waals surface area contributed by atoms with Crippen LogP contribution in [0.2, 0.25) is 0 Å². The Kier molecular flexibility index (Phi) is 7.66. The first kappa shape index (κ1) is 21.4. The van der Waals surface area contributed by atoms with Crippen molar-refractivity contribution < 1.29 is 24.0 Å². The third-order valence-corrected chi connectivity index (χ3v) is 3.86. The number of hydrazone groups is 1. The molecule has 0 heterocycles. The summed E-state index contributed by atoms with van der Waals surface area (Å²) in [7, 11) is 3.06. The maximum absolute atomic E-state index is 11.8. The molecule has 0 aliphatic carbocycles. The third-order valence-electron chi connectivity index (χ3n) is 3.86. The van der Waals surface area contributed by atoms with Gasteiger partial charge < -0.3 is 14.8 Å². The molecule has 29 heavy (non-hydrogen) atoms. The number of hydrogen-bond acceptors (Lipinski definition) is 7. The highest BCUT2D eigenvalue weighted by molar-refractivity contribution is 6.35. The molecule has 2 amide bonds. The molecule has 10 heteroatoms. The minimum absolute atomic E-state index is 0.162. The first-order chi connectivity index (χ1) is 14.0. The molecule has 2 N–H and O–H groups in total. The van der Waals surface area contributed by atoms with Crippen LogP contribution in [0.25, 0.3) is 0 Å². The number of amides is 2. The lowest BCUT2D eigenvalue weighted by atomic mass is 10.1. The highest BCUT2D eigenvalue weighted by Gasteiger charge is 2.13. The van der Waals surface area contributed by atoms with Gasteiger partial charge in [-0.15, -0.1) is 0 Å². The fourth-order valence-corrected chi connectivity index (χ4v) is 2.41. The summed E-state index contributed by atoms with van der Waals surface area (Å²) in [6.45, 7) is 0.218. The van der Waals surface area contributed by atoms with Crippen LogP contribution in [0.5, 0.6) is 11.5 Å². The zero-order valence-electron chi connectivity index (χ0n) is 15.9. The second kappa shape index (κ2) is 10.4. The monoisotopic (exact) mass is 400 g/mol. The second-order valence-electron chi connectivity index (χ2n) is 5.71. The van der Waals surface area contributed by atoms with E-state index < -0.39 is 16.7 Å². The van der Waals surface area contributed by atoms with Gasteiger partial charge in [0, 0.05) is 12.6 Å². The number of methoxy groups -OCH3 is 2. The molecule has 0 spiro atoms. The van der Waals surface area contributed by atoms with Crippen LogP contribution in [-0.4, -0.2) is 43.7 Å². The number of para-hydroxylation sites is 1. The molecule has 2 aromatic rings. The number of carbonyl (C=O) groups is 2. The van der Waals surface area contributed by atoms with Gasteiger partial charge in [0.05, 0.1) is 30.9 Å². The van der Waals surface area contributed by atoms with E-state index in [0.29, 0.717) is 17.9 Å². The summed E-state index contributed by atoms with van der Waals surface area (Å²) in [5.74, 6) is -0.688. The summed E-state index contributed by atoms with van der Waals surface area (Å²) in [6.07, 6.45) is 1.58. The van der Waals surface area contributed by atoms with Crippen LogP contribution in [0.1, 0.15) is 11.1 Å². The van der Waals surface area contributed by atoms with Crippen LogP contribution < -0.4 is 20.2 Å². The van der Waals surface area contributed by atoms with Gasteiger partial charge in [-0.3, -0.25) is 19.7 Å².